The third-order valence-corrected chi connectivity index (χ3v) is 7.13. The molecule has 0 spiro atoms. The maximum Gasteiger partial charge on any atom is 0.251 e. The third-order valence-electron chi connectivity index (χ3n) is 7.13. The Morgan fingerprint density at radius 1 is 1.02 bits per heavy atom. The molecular weight excluding hydrogens is 527 g/mol. The second-order valence-electron chi connectivity index (χ2n) is 10.5. The van der Waals surface area contributed by atoms with E-state index in [9.17, 15) is 23.6 Å². The van der Waals surface area contributed by atoms with Crippen molar-refractivity contribution in [1.29, 1.82) is 5.41 Å². The van der Waals surface area contributed by atoms with Gasteiger partial charge in [0, 0.05) is 18.7 Å². The first-order chi connectivity index (χ1) is 19.6. The molecule has 6 N–H and O–H groups in total. The predicted octanol–water partition coefficient (Wildman–Crippen LogP) is 2.39. The average Bonchev–Trinajstić information content (AvgIpc) is 3.47. The van der Waals surface area contributed by atoms with Crippen LogP contribution in [0.5, 0.6) is 0 Å². The van der Waals surface area contributed by atoms with Gasteiger partial charge in [-0.3, -0.25) is 24.6 Å². The van der Waals surface area contributed by atoms with Crippen LogP contribution >= 0.6 is 0 Å². The van der Waals surface area contributed by atoms with Crippen LogP contribution in [-0.4, -0.2) is 72.3 Å². The number of carbonyl (C=O) groups excluding carboxylic acids is 4. The highest BCUT2D eigenvalue weighted by molar-refractivity contribution is 5.99. The number of halogens is 1. The Hall–Kier alpha value is -4.28. The Labute approximate surface area is 239 Å². The van der Waals surface area contributed by atoms with Gasteiger partial charge < -0.3 is 26.6 Å². The first-order valence-corrected chi connectivity index (χ1v) is 13.9. The van der Waals surface area contributed by atoms with E-state index < -0.39 is 42.4 Å². The van der Waals surface area contributed by atoms with Crippen molar-refractivity contribution in [1.82, 2.24) is 20.9 Å². The van der Waals surface area contributed by atoms with Gasteiger partial charge in [-0.05, 0) is 54.9 Å². The van der Waals surface area contributed by atoms with Crippen LogP contribution in [0.15, 0.2) is 54.6 Å². The van der Waals surface area contributed by atoms with Gasteiger partial charge in [0.1, 0.15) is 18.8 Å². The number of hydrogen-bond donors (Lipinski definition) is 5. The number of hydrogen-bond acceptors (Lipinski definition) is 5. The van der Waals surface area contributed by atoms with E-state index in [0.717, 1.165) is 11.1 Å². The van der Waals surface area contributed by atoms with Gasteiger partial charge in [-0.1, -0.05) is 56.3 Å². The lowest BCUT2D eigenvalue weighted by atomic mass is 10.0. The topological polar surface area (TPSA) is 157 Å². The molecule has 11 heteroatoms. The number of guanidine groups is 1. The molecule has 1 fully saturated rings. The fourth-order valence-electron chi connectivity index (χ4n) is 4.87. The van der Waals surface area contributed by atoms with E-state index in [1.54, 1.807) is 12.1 Å². The molecule has 1 aliphatic rings. The monoisotopic (exact) mass is 566 g/mol. The number of Topliss-reactive ketones (excluding diaryl/α,β-unsaturated/α-hetero) is 1. The summed E-state index contributed by atoms with van der Waals surface area (Å²) >= 11 is 0. The summed E-state index contributed by atoms with van der Waals surface area (Å²) < 4.78 is 13.2. The molecule has 2 unspecified atom stereocenters. The van der Waals surface area contributed by atoms with Crippen molar-refractivity contribution in [3.8, 4) is 11.1 Å². The average molecular weight is 567 g/mol. The first-order valence-electron chi connectivity index (χ1n) is 13.9. The highest BCUT2D eigenvalue weighted by Crippen LogP contribution is 2.22. The maximum absolute atomic E-state index is 13.6. The SMILES string of the molecule is CC(C)C(NC(=O)c1ccc(-c2ccccc2)cc1)C(=O)N1CCC[C@H]1C(=O)NC(CCCNC(=N)N)C(=O)CF. The fourth-order valence-corrected chi connectivity index (χ4v) is 4.87. The lowest BCUT2D eigenvalue weighted by molar-refractivity contribution is -0.141. The van der Waals surface area contributed by atoms with Crippen LogP contribution in [0.3, 0.4) is 0 Å². The summed E-state index contributed by atoms with van der Waals surface area (Å²) in [7, 11) is 0. The molecule has 41 heavy (non-hydrogen) atoms. The molecule has 220 valence electrons. The van der Waals surface area contributed by atoms with Crippen molar-refractivity contribution in [3.63, 3.8) is 0 Å². The van der Waals surface area contributed by atoms with Crippen molar-refractivity contribution < 1.29 is 23.6 Å². The number of nitrogens with one attached hydrogen (secondary N) is 4. The number of likely N-dealkylation sites (tertiary alicyclic amines) is 1. The summed E-state index contributed by atoms with van der Waals surface area (Å²) in [6.07, 6.45) is 1.49. The van der Waals surface area contributed by atoms with E-state index in [1.807, 2.05) is 56.3 Å². The minimum absolute atomic E-state index is 0.156. The molecule has 3 rings (SSSR count). The van der Waals surface area contributed by atoms with Crippen molar-refractivity contribution in [3.05, 3.63) is 60.2 Å². The molecule has 2 aromatic carbocycles. The number of nitrogens with two attached hydrogens (primary N) is 1. The fraction of sp³-hybridized carbons (Fsp3) is 0.433. The van der Waals surface area contributed by atoms with E-state index in [0.29, 0.717) is 37.9 Å². The third kappa shape index (κ3) is 8.60. The summed E-state index contributed by atoms with van der Waals surface area (Å²) in [6.45, 7) is 3.02. The number of carbonyl (C=O) groups is 4. The number of rotatable bonds is 13. The molecule has 0 aromatic heterocycles. The van der Waals surface area contributed by atoms with Gasteiger partial charge in [-0.15, -0.1) is 0 Å². The van der Waals surface area contributed by atoms with E-state index in [-0.39, 0.29) is 24.2 Å². The Morgan fingerprint density at radius 2 is 1.68 bits per heavy atom. The van der Waals surface area contributed by atoms with Crippen molar-refractivity contribution >= 4 is 29.5 Å². The Morgan fingerprint density at radius 3 is 2.29 bits per heavy atom. The maximum atomic E-state index is 13.6. The molecule has 0 radical (unpaired) electrons. The Balaban J connectivity index is 1.66. The van der Waals surface area contributed by atoms with Gasteiger partial charge in [-0.25, -0.2) is 4.39 Å². The van der Waals surface area contributed by atoms with Gasteiger partial charge in [0.25, 0.3) is 5.91 Å². The molecule has 0 bridgehead atoms. The number of alkyl halides is 1. The summed E-state index contributed by atoms with van der Waals surface area (Å²) in [6, 6.07) is 14.1. The summed E-state index contributed by atoms with van der Waals surface area (Å²) in [5, 5.41) is 15.3. The second kappa shape index (κ2) is 14.9. The van der Waals surface area contributed by atoms with Crippen LogP contribution in [0.2, 0.25) is 0 Å². The van der Waals surface area contributed by atoms with E-state index in [1.165, 1.54) is 4.90 Å². The van der Waals surface area contributed by atoms with Crippen LogP contribution in [0.1, 0.15) is 49.9 Å². The molecule has 2 aromatic rings. The van der Waals surface area contributed by atoms with Crippen molar-refractivity contribution in [2.45, 2.75) is 57.7 Å². The van der Waals surface area contributed by atoms with Crippen LogP contribution < -0.4 is 21.7 Å². The van der Waals surface area contributed by atoms with E-state index in [2.05, 4.69) is 16.0 Å². The van der Waals surface area contributed by atoms with Gasteiger partial charge in [-0.2, -0.15) is 0 Å². The predicted molar refractivity (Wildman–Crippen MR) is 155 cm³/mol. The smallest absolute Gasteiger partial charge is 0.251 e. The quantitative estimate of drug-likeness (QED) is 0.142. The zero-order valence-corrected chi connectivity index (χ0v) is 23.5. The number of amides is 3. The lowest BCUT2D eigenvalue weighted by Gasteiger charge is -2.31. The molecule has 0 saturated carbocycles. The number of benzene rings is 2. The Bertz CT molecular complexity index is 1220. The highest BCUT2D eigenvalue weighted by Gasteiger charge is 2.39. The summed E-state index contributed by atoms with van der Waals surface area (Å²) in [5.74, 6) is -2.56. The summed E-state index contributed by atoms with van der Waals surface area (Å²) in [4.78, 5) is 53.5. The number of ketones is 1. The lowest BCUT2D eigenvalue weighted by Crippen LogP contribution is -2.56. The largest absolute Gasteiger partial charge is 0.370 e. The molecule has 1 saturated heterocycles. The molecule has 1 heterocycles. The van der Waals surface area contributed by atoms with Crippen molar-refractivity contribution in [2.24, 2.45) is 11.7 Å². The summed E-state index contributed by atoms with van der Waals surface area (Å²) in [5.41, 5.74) is 7.65. The van der Waals surface area contributed by atoms with E-state index in [4.69, 9.17) is 11.1 Å². The Kier molecular flexibility index (Phi) is 11.4. The minimum atomic E-state index is -1.23. The first kappa shape index (κ1) is 31.3. The van der Waals surface area contributed by atoms with E-state index >= 15 is 0 Å². The molecular formula is C30H39FN6O4. The zero-order valence-electron chi connectivity index (χ0n) is 23.5. The van der Waals surface area contributed by atoms with Crippen LogP contribution in [0.25, 0.3) is 11.1 Å². The normalized spacial score (nSPS) is 16.1. The zero-order chi connectivity index (χ0) is 29.9. The van der Waals surface area contributed by atoms with Gasteiger partial charge in [0.05, 0.1) is 6.04 Å². The standard InChI is InChI=1S/C30H39FN6O4/c1-19(2)26(36-27(39)22-14-12-21(13-15-22)20-8-4-3-5-9-20)29(41)37-17-7-11-24(37)28(40)35-23(25(38)18-31)10-6-16-34-30(32)33/h3-5,8-9,12-15,19,23-24,26H,6-7,10-11,16-18H2,1-2H3,(H,35,40)(H,36,39)(H4,32,33,34)/t23?,24-,26?/m0/s1. The molecule has 1 aliphatic heterocycles. The molecule has 0 aliphatic carbocycles. The van der Waals surface area contributed by atoms with Gasteiger partial charge >= 0.3 is 0 Å². The number of nitrogens with zero attached hydrogens (tertiary/aromatic N) is 1. The molecule has 3 amide bonds. The van der Waals surface area contributed by atoms with Crippen LogP contribution in [-0.2, 0) is 14.4 Å². The van der Waals surface area contributed by atoms with Gasteiger partial charge in [0.2, 0.25) is 11.8 Å². The van der Waals surface area contributed by atoms with Crippen molar-refractivity contribution in [2.75, 3.05) is 19.8 Å². The molecule has 10 nitrogen and oxygen atoms in total. The van der Waals surface area contributed by atoms with Crippen LogP contribution in [0.4, 0.5) is 4.39 Å². The van der Waals surface area contributed by atoms with Crippen LogP contribution in [0, 0.1) is 11.3 Å². The second-order valence-corrected chi connectivity index (χ2v) is 10.5. The van der Waals surface area contributed by atoms with Gasteiger partial charge in [0.15, 0.2) is 11.7 Å². The minimum Gasteiger partial charge on any atom is -0.370 e. The molecule has 3 atom stereocenters. The highest BCUT2D eigenvalue weighted by atomic mass is 19.1.